The molecule has 0 radical (unpaired) electrons. The molecule has 1 heterocycles. The van der Waals surface area contributed by atoms with Gasteiger partial charge in [0.05, 0.1) is 0 Å². The summed E-state index contributed by atoms with van der Waals surface area (Å²) in [7, 11) is 0. The van der Waals surface area contributed by atoms with Crippen LogP contribution in [0.25, 0.3) is 32.7 Å². The molecule has 8 heteroatoms. The van der Waals surface area contributed by atoms with Crippen LogP contribution in [-0.4, -0.2) is 38.6 Å². The van der Waals surface area contributed by atoms with E-state index in [-0.39, 0.29) is 23.7 Å². The molecule has 6 aromatic rings. The third-order valence-corrected chi connectivity index (χ3v) is 8.47. The molecular weight excluding hydrogens is 644 g/mol. The number of rotatable bonds is 5. The van der Waals surface area contributed by atoms with Crippen LogP contribution >= 0.6 is 0 Å². The number of carbonyl (C=O) groups is 1. The third-order valence-electron chi connectivity index (χ3n) is 8.47. The van der Waals surface area contributed by atoms with Crippen LogP contribution in [0.3, 0.4) is 0 Å². The predicted octanol–water partition coefficient (Wildman–Crippen LogP) is 8.18. The predicted molar refractivity (Wildman–Crippen MR) is 194 cm³/mol. The van der Waals surface area contributed by atoms with E-state index in [0.717, 1.165) is 43.8 Å². The Bertz CT molecular complexity index is 2300. The number of ether oxygens (including phenoxy) is 3. The molecule has 0 aliphatic carbocycles. The van der Waals surface area contributed by atoms with Gasteiger partial charge in [0, 0.05) is 16.7 Å². The fourth-order valence-electron chi connectivity index (χ4n) is 5.85. The zero-order valence-electron chi connectivity index (χ0n) is 27.8. The number of aliphatic hydroxyl groups excluding tert-OH is 2. The highest BCUT2D eigenvalue weighted by Gasteiger charge is 2.35. The second-order valence-electron chi connectivity index (χ2n) is 12.0. The zero-order valence-corrected chi connectivity index (χ0v) is 27.8. The van der Waals surface area contributed by atoms with E-state index in [1.54, 1.807) is 24.3 Å². The Morgan fingerprint density at radius 1 is 0.686 bits per heavy atom. The zero-order chi connectivity index (χ0) is 35.9. The van der Waals surface area contributed by atoms with Crippen molar-refractivity contribution in [2.75, 3.05) is 0 Å². The molecule has 0 spiro atoms. The summed E-state index contributed by atoms with van der Waals surface area (Å²) < 4.78 is 16.6. The van der Waals surface area contributed by atoms with E-state index >= 15 is 0 Å². The Morgan fingerprint density at radius 2 is 1.24 bits per heavy atom. The number of phenols is 2. The van der Waals surface area contributed by atoms with Crippen molar-refractivity contribution in [1.82, 2.24) is 0 Å². The van der Waals surface area contributed by atoms with Crippen molar-refractivity contribution < 1.29 is 39.4 Å². The van der Waals surface area contributed by atoms with Crippen molar-refractivity contribution in [2.45, 2.75) is 39.0 Å². The molecule has 1 saturated heterocycles. The topological polar surface area (TPSA) is 126 Å². The first-order valence-electron chi connectivity index (χ1n) is 16.1. The van der Waals surface area contributed by atoms with Gasteiger partial charge in [-0.3, -0.25) is 0 Å². The summed E-state index contributed by atoms with van der Waals surface area (Å²) in [6.45, 7) is 4.08. The summed E-state index contributed by atoms with van der Waals surface area (Å²) in [5.74, 6) is 4.06. The van der Waals surface area contributed by atoms with Gasteiger partial charge in [0.2, 0.25) is 0 Å². The Kier molecular flexibility index (Phi) is 10.4. The van der Waals surface area contributed by atoms with Gasteiger partial charge in [-0.1, -0.05) is 114 Å². The van der Waals surface area contributed by atoms with Crippen LogP contribution in [0.5, 0.6) is 11.5 Å². The number of aliphatic hydroxyl groups is 2. The molecule has 0 saturated carbocycles. The molecule has 254 valence electrons. The number of hydrogen-bond acceptors (Lipinski definition) is 8. The van der Waals surface area contributed by atoms with Crippen molar-refractivity contribution in [1.29, 1.82) is 0 Å². The lowest BCUT2D eigenvalue weighted by molar-refractivity contribution is -0.0582. The van der Waals surface area contributed by atoms with E-state index in [0.29, 0.717) is 11.1 Å². The second-order valence-corrected chi connectivity index (χ2v) is 12.0. The molecule has 2 unspecified atom stereocenters. The Hall–Kier alpha value is -6.45. The highest BCUT2D eigenvalue weighted by molar-refractivity contribution is 6.13. The van der Waals surface area contributed by atoms with Gasteiger partial charge >= 0.3 is 5.97 Å². The maximum atomic E-state index is 13.0. The van der Waals surface area contributed by atoms with Crippen molar-refractivity contribution in [3.8, 4) is 46.7 Å². The van der Waals surface area contributed by atoms with Gasteiger partial charge < -0.3 is 34.6 Å². The highest BCUT2D eigenvalue weighted by atomic mass is 16.7. The number of aromatic hydroxyl groups is 2. The van der Waals surface area contributed by atoms with Crippen LogP contribution in [0.1, 0.15) is 38.9 Å². The van der Waals surface area contributed by atoms with Crippen LogP contribution in [0.15, 0.2) is 115 Å². The van der Waals surface area contributed by atoms with Crippen LogP contribution in [-0.2, 0) is 20.8 Å². The van der Waals surface area contributed by atoms with Crippen LogP contribution < -0.4 is 0 Å². The van der Waals surface area contributed by atoms with E-state index in [9.17, 15) is 15.0 Å². The summed E-state index contributed by atoms with van der Waals surface area (Å²) in [4.78, 5) is 13.0. The van der Waals surface area contributed by atoms with Crippen molar-refractivity contribution in [2.24, 2.45) is 0 Å². The summed E-state index contributed by atoms with van der Waals surface area (Å²) >= 11 is 0. The fraction of sp³-hybridized carbons (Fsp3) is 0.140. The molecular formula is C43H34O8. The van der Waals surface area contributed by atoms with E-state index < -0.39 is 24.5 Å². The highest BCUT2D eigenvalue weighted by Crippen LogP contribution is 2.46. The molecule has 2 atom stereocenters. The number of fused-ring (bicyclic) bond motifs is 2. The number of hydrogen-bond donors (Lipinski definition) is 4. The summed E-state index contributed by atoms with van der Waals surface area (Å²) in [5, 5.41) is 42.5. The number of aryl methyl sites for hydroxylation is 2. The minimum absolute atomic E-state index is 0.0272. The minimum atomic E-state index is -0.680. The normalized spacial score (nSPS) is 16.2. The van der Waals surface area contributed by atoms with Gasteiger partial charge in [-0.25, -0.2) is 4.79 Å². The first-order valence-corrected chi connectivity index (χ1v) is 16.1. The summed E-state index contributed by atoms with van der Waals surface area (Å²) in [5.41, 5.74) is 4.91. The van der Waals surface area contributed by atoms with Crippen LogP contribution in [0.4, 0.5) is 0 Å². The Balaban J connectivity index is 0.000000211. The molecule has 4 N–H and O–H groups in total. The lowest BCUT2D eigenvalue weighted by Crippen LogP contribution is -2.18. The Labute approximate surface area is 295 Å². The van der Waals surface area contributed by atoms with Crippen LogP contribution in [0, 0.1) is 37.9 Å². The molecule has 1 fully saturated rings. The summed E-state index contributed by atoms with van der Waals surface area (Å²) in [6, 6.07) is 35.6. The van der Waals surface area contributed by atoms with Gasteiger partial charge in [0.25, 0.3) is 0 Å². The van der Waals surface area contributed by atoms with E-state index in [1.165, 1.54) is 0 Å². The van der Waals surface area contributed by atoms with Crippen molar-refractivity contribution >= 4 is 27.5 Å². The molecule has 1 aliphatic heterocycles. The number of carbonyl (C=O) groups excluding carboxylic acids is 1. The Morgan fingerprint density at radius 3 is 1.84 bits per heavy atom. The largest absolute Gasteiger partial charge is 0.507 e. The van der Waals surface area contributed by atoms with Gasteiger partial charge in [0.1, 0.15) is 35.9 Å². The average molecular weight is 679 g/mol. The SMILES string of the molecule is Cc1ccc(C2OC(C#CO)C(C#CO)O2)cc1.Cc1ccc(COC(=O)c2cc3ccccc3c(-c3c(O)ccc4ccccc34)c2O)cc1. The smallest absolute Gasteiger partial charge is 0.342 e. The van der Waals surface area contributed by atoms with Gasteiger partial charge in [0.15, 0.2) is 18.5 Å². The lowest BCUT2D eigenvalue weighted by atomic mass is 9.90. The standard InChI is InChI=1S/C29H22O4.C14H12O4/c1-18-10-12-19(13-11-18)17-33-29(32)24-16-21-7-3-5-9-23(21)27(28(24)31)26-22-8-4-2-6-20(22)14-15-25(26)30;1-10-2-4-11(5-3-10)14-17-12(6-8-15)13(18-14)7-9-16/h2-16,30-31H,17H2,1H3;2-5,12-16H,1H3. The van der Waals surface area contributed by atoms with Crippen molar-refractivity contribution in [3.63, 3.8) is 0 Å². The van der Waals surface area contributed by atoms with Gasteiger partial charge in [-0.15, -0.1) is 0 Å². The first-order chi connectivity index (χ1) is 24.8. The monoisotopic (exact) mass is 678 g/mol. The first kappa shape index (κ1) is 34.4. The van der Waals surface area contributed by atoms with Gasteiger partial charge in [-0.05, 0) is 64.9 Å². The van der Waals surface area contributed by atoms with E-state index in [4.69, 9.17) is 24.4 Å². The maximum absolute atomic E-state index is 13.0. The average Bonchev–Trinajstić information content (AvgIpc) is 3.54. The lowest BCUT2D eigenvalue weighted by Gasteiger charge is -2.16. The molecule has 8 nitrogen and oxygen atoms in total. The third kappa shape index (κ3) is 7.59. The molecule has 1 aliphatic rings. The van der Waals surface area contributed by atoms with Crippen molar-refractivity contribution in [3.05, 3.63) is 143 Å². The second kappa shape index (κ2) is 15.4. The fourth-order valence-corrected chi connectivity index (χ4v) is 5.85. The summed E-state index contributed by atoms with van der Waals surface area (Å²) in [6.07, 6.45) is 1.60. The van der Waals surface area contributed by atoms with E-state index in [1.807, 2.05) is 117 Å². The quantitative estimate of drug-likeness (QED) is 0.106. The molecule has 0 bridgehead atoms. The van der Waals surface area contributed by atoms with Crippen LogP contribution in [0.2, 0.25) is 0 Å². The minimum Gasteiger partial charge on any atom is -0.507 e. The molecule has 51 heavy (non-hydrogen) atoms. The number of benzene rings is 6. The maximum Gasteiger partial charge on any atom is 0.342 e. The van der Waals surface area contributed by atoms with E-state index in [2.05, 4.69) is 11.8 Å². The molecule has 0 amide bonds. The molecule has 0 aromatic heterocycles. The number of phenolic OH excluding ortho intramolecular Hbond substituents is 2. The molecule has 7 rings (SSSR count). The molecule has 6 aromatic carbocycles. The number of esters is 1. The van der Waals surface area contributed by atoms with Gasteiger partial charge in [-0.2, -0.15) is 0 Å².